The first kappa shape index (κ1) is 15.0. The Morgan fingerprint density at radius 3 is 2.89 bits per heavy atom. The summed E-state index contributed by atoms with van der Waals surface area (Å²) < 4.78 is 13.7. The van der Waals surface area contributed by atoms with E-state index in [9.17, 15) is 9.18 Å². The molecule has 0 aromatic heterocycles. The normalized spacial score (nSPS) is 10.4. The maximum atomic E-state index is 13.7. The Balaban J connectivity index is 2.62. The molecule has 2 N–H and O–H groups in total. The Hall–Kier alpha value is -1.07. The molecule has 1 amide bonds. The minimum atomic E-state index is -0.268. The minimum absolute atomic E-state index is 0.0551. The van der Waals surface area contributed by atoms with Crippen molar-refractivity contribution in [3.05, 3.63) is 29.6 Å². The third-order valence-corrected chi connectivity index (χ3v) is 3.49. The van der Waals surface area contributed by atoms with E-state index in [1.165, 1.54) is 17.8 Å². The molecule has 18 heavy (non-hydrogen) atoms. The van der Waals surface area contributed by atoms with Gasteiger partial charge in [-0.25, -0.2) is 4.39 Å². The summed E-state index contributed by atoms with van der Waals surface area (Å²) in [4.78, 5) is 12.0. The van der Waals surface area contributed by atoms with Crippen LogP contribution in [0.4, 0.5) is 4.39 Å². The van der Waals surface area contributed by atoms with E-state index in [0.717, 1.165) is 12.0 Å². The molecular weight excluding hydrogens is 251 g/mol. The molecule has 0 spiro atoms. The van der Waals surface area contributed by atoms with E-state index in [0.29, 0.717) is 18.0 Å². The molecule has 0 aliphatic heterocycles. The summed E-state index contributed by atoms with van der Waals surface area (Å²) in [5.74, 6) is -0.0750. The number of carbonyl (C=O) groups excluding carboxylic acids is 1. The van der Waals surface area contributed by atoms with Crippen LogP contribution in [0.5, 0.6) is 0 Å². The quantitative estimate of drug-likeness (QED) is 0.746. The van der Waals surface area contributed by atoms with Crippen molar-refractivity contribution < 1.29 is 9.18 Å². The lowest BCUT2D eigenvalue weighted by Gasteiger charge is -2.10. The molecule has 0 bridgehead atoms. The highest BCUT2D eigenvalue weighted by Crippen LogP contribution is 2.25. The molecule has 1 rings (SSSR count). The number of nitrogens with one attached hydrogen (secondary N) is 2. The highest BCUT2D eigenvalue weighted by Gasteiger charge is 2.10. The molecule has 0 aliphatic carbocycles. The highest BCUT2D eigenvalue weighted by atomic mass is 32.2. The fourth-order valence-electron chi connectivity index (χ4n) is 1.50. The second kappa shape index (κ2) is 8.11. The Kier molecular flexibility index (Phi) is 6.75. The van der Waals surface area contributed by atoms with Gasteiger partial charge in [-0.1, -0.05) is 19.1 Å². The first-order chi connectivity index (χ1) is 8.69. The van der Waals surface area contributed by atoms with Crippen molar-refractivity contribution in [2.24, 2.45) is 0 Å². The highest BCUT2D eigenvalue weighted by molar-refractivity contribution is 8.00. The fourth-order valence-corrected chi connectivity index (χ4v) is 2.41. The molecule has 0 saturated heterocycles. The van der Waals surface area contributed by atoms with E-state index in [4.69, 9.17) is 0 Å². The summed E-state index contributed by atoms with van der Waals surface area (Å²) in [5, 5.41) is 5.77. The van der Waals surface area contributed by atoms with Gasteiger partial charge in [-0.2, -0.15) is 0 Å². The lowest BCUT2D eigenvalue weighted by molar-refractivity contribution is -0.118. The van der Waals surface area contributed by atoms with Gasteiger partial charge in [0.2, 0.25) is 5.91 Å². The summed E-state index contributed by atoms with van der Waals surface area (Å²) in [5.41, 5.74) is 0.880. The van der Waals surface area contributed by atoms with Gasteiger partial charge in [0.25, 0.3) is 0 Å². The van der Waals surface area contributed by atoms with Crippen LogP contribution in [-0.2, 0) is 11.3 Å². The number of benzene rings is 1. The maximum absolute atomic E-state index is 13.7. The third kappa shape index (κ3) is 4.66. The molecule has 0 saturated carbocycles. The van der Waals surface area contributed by atoms with Crippen LogP contribution in [0.15, 0.2) is 23.1 Å². The molecule has 0 unspecified atom stereocenters. The van der Waals surface area contributed by atoms with Crippen LogP contribution in [0.2, 0.25) is 0 Å². The second-order valence-electron chi connectivity index (χ2n) is 3.90. The molecule has 0 radical (unpaired) electrons. The van der Waals surface area contributed by atoms with E-state index in [1.54, 1.807) is 6.07 Å². The van der Waals surface area contributed by atoms with Gasteiger partial charge in [0.15, 0.2) is 0 Å². The van der Waals surface area contributed by atoms with E-state index < -0.39 is 0 Å². The number of hydrogen-bond donors (Lipinski definition) is 2. The maximum Gasteiger partial charge on any atom is 0.230 e. The zero-order valence-electron chi connectivity index (χ0n) is 10.8. The van der Waals surface area contributed by atoms with Gasteiger partial charge < -0.3 is 10.6 Å². The van der Waals surface area contributed by atoms with E-state index in [1.807, 2.05) is 20.0 Å². The average molecular weight is 270 g/mol. The zero-order valence-corrected chi connectivity index (χ0v) is 11.6. The largest absolute Gasteiger partial charge is 0.355 e. The van der Waals surface area contributed by atoms with Crippen molar-refractivity contribution >= 4 is 17.7 Å². The minimum Gasteiger partial charge on any atom is -0.355 e. The molecular formula is C13H19FN2OS. The van der Waals surface area contributed by atoms with Gasteiger partial charge in [0.1, 0.15) is 5.82 Å². The SMILES string of the molecule is CCCNC(=O)CSc1c(F)cccc1CNC. The number of hydrogen-bond acceptors (Lipinski definition) is 3. The van der Waals surface area contributed by atoms with E-state index >= 15 is 0 Å². The summed E-state index contributed by atoms with van der Waals surface area (Å²) in [6.45, 7) is 3.26. The number of halogens is 1. The third-order valence-electron chi connectivity index (χ3n) is 2.34. The Labute approximate surface area is 112 Å². The fraction of sp³-hybridized carbons (Fsp3) is 0.462. The van der Waals surface area contributed by atoms with Crippen molar-refractivity contribution in [1.29, 1.82) is 0 Å². The summed E-state index contributed by atoms with van der Waals surface area (Å²) in [7, 11) is 1.81. The number of rotatable bonds is 7. The van der Waals surface area contributed by atoms with Crippen LogP contribution in [0.25, 0.3) is 0 Å². The van der Waals surface area contributed by atoms with Gasteiger partial charge in [-0.15, -0.1) is 11.8 Å². The van der Waals surface area contributed by atoms with E-state index in [-0.39, 0.29) is 17.5 Å². The summed E-state index contributed by atoms with van der Waals surface area (Å²) in [6, 6.07) is 4.97. The number of thioether (sulfide) groups is 1. The smallest absolute Gasteiger partial charge is 0.230 e. The topological polar surface area (TPSA) is 41.1 Å². The van der Waals surface area contributed by atoms with Crippen molar-refractivity contribution in [1.82, 2.24) is 10.6 Å². The van der Waals surface area contributed by atoms with Gasteiger partial charge in [0, 0.05) is 18.0 Å². The molecule has 0 heterocycles. The average Bonchev–Trinajstić information content (AvgIpc) is 2.36. The Morgan fingerprint density at radius 2 is 2.22 bits per heavy atom. The van der Waals surface area contributed by atoms with Crippen LogP contribution < -0.4 is 10.6 Å². The number of carbonyl (C=O) groups is 1. The Bertz CT molecular complexity index is 399. The molecule has 0 atom stereocenters. The van der Waals surface area contributed by atoms with Crippen LogP contribution >= 0.6 is 11.8 Å². The van der Waals surface area contributed by atoms with Crippen LogP contribution in [0, 0.1) is 5.82 Å². The predicted octanol–water partition coefficient (Wildman–Crippen LogP) is 2.16. The van der Waals surface area contributed by atoms with Crippen molar-refractivity contribution in [3.63, 3.8) is 0 Å². The molecule has 3 nitrogen and oxygen atoms in total. The van der Waals surface area contributed by atoms with Crippen LogP contribution in [0.1, 0.15) is 18.9 Å². The summed E-state index contributed by atoms with van der Waals surface area (Å²) in [6.07, 6.45) is 0.904. The molecule has 5 heteroatoms. The van der Waals surface area contributed by atoms with Crippen LogP contribution in [-0.4, -0.2) is 25.3 Å². The van der Waals surface area contributed by atoms with Crippen molar-refractivity contribution in [3.8, 4) is 0 Å². The van der Waals surface area contributed by atoms with Gasteiger partial charge in [-0.3, -0.25) is 4.79 Å². The molecule has 0 aliphatic rings. The number of amides is 1. The molecule has 1 aromatic carbocycles. The predicted molar refractivity (Wildman–Crippen MR) is 73.2 cm³/mol. The monoisotopic (exact) mass is 270 g/mol. The van der Waals surface area contributed by atoms with Gasteiger partial charge >= 0.3 is 0 Å². The second-order valence-corrected chi connectivity index (χ2v) is 4.88. The molecule has 100 valence electrons. The van der Waals surface area contributed by atoms with E-state index in [2.05, 4.69) is 10.6 Å². The van der Waals surface area contributed by atoms with Crippen LogP contribution in [0.3, 0.4) is 0 Å². The lowest BCUT2D eigenvalue weighted by Crippen LogP contribution is -2.25. The van der Waals surface area contributed by atoms with Crippen molar-refractivity contribution in [2.45, 2.75) is 24.8 Å². The first-order valence-electron chi connectivity index (χ1n) is 6.00. The van der Waals surface area contributed by atoms with Gasteiger partial charge in [-0.05, 0) is 25.1 Å². The summed E-state index contributed by atoms with van der Waals surface area (Å²) >= 11 is 1.25. The first-order valence-corrected chi connectivity index (χ1v) is 6.99. The molecule has 0 fully saturated rings. The lowest BCUT2D eigenvalue weighted by atomic mass is 10.2. The zero-order chi connectivity index (χ0) is 13.4. The van der Waals surface area contributed by atoms with Crippen molar-refractivity contribution in [2.75, 3.05) is 19.3 Å². The molecule has 1 aromatic rings. The van der Waals surface area contributed by atoms with Gasteiger partial charge in [0.05, 0.1) is 5.75 Å². The Morgan fingerprint density at radius 1 is 1.44 bits per heavy atom. The standard InChI is InChI=1S/C13H19FN2OS/c1-3-7-16-12(17)9-18-13-10(8-15-2)5-4-6-11(13)14/h4-6,15H,3,7-9H2,1-2H3,(H,16,17).